The summed E-state index contributed by atoms with van der Waals surface area (Å²) in [5, 5.41) is 11.5. The summed E-state index contributed by atoms with van der Waals surface area (Å²) >= 11 is 0. The van der Waals surface area contributed by atoms with E-state index in [1.165, 1.54) is 26.9 Å². The molecule has 0 amide bonds. The monoisotopic (exact) mass is 714 g/mol. The summed E-state index contributed by atoms with van der Waals surface area (Å²) in [6.07, 6.45) is 0. The van der Waals surface area contributed by atoms with Gasteiger partial charge < -0.3 is 8.98 Å². The van der Waals surface area contributed by atoms with E-state index in [-0.39, 0.29) is 0 Å². The third-order valence-electron chi connectivity index (χ3n) is 11.2. The zero-order valence-electron chi connectivity index (χ0n) is 30.0. The van der Waals surface area contributed by atoms with Crippen LogP contribution in [0.3, 0.4) is 0 Å². The molecule has 12 aromatic rings. The Morgan fingerprint density at radius 3 is 1.79 bits per heavy atom. The quantitative estimate of drug-likeness (QED) is 0.170. The van der Waals surface area contributed by atoms with Gasteiger partial charge in [-0.2, -0.15) is 0 Å². The molecule has 56 heavy (non-hydrogen) atoms. The number of hydrogen-bond donors (Lipinski definition) is 0. The van der Waals surface area contributed by atoms with Crippen molar-refractivity contribution in [2.24, 2.45) is 0 Å². The van der Waals surface area contributed by atoms with Gasteiger partial charge in [-0.25, -0.2) is 15.0 Å². The van der Waals surface area contributed by atoms with Crippen molar-refractivity contribution in [1.29, 1.82) is 0 Å². The topological polar surface area (TPSA) is 56.7 Å². The Labute approximate surface area is 320 Å². The Balaban J connectivity index is 1.19. The highest BCUT2D eigenvalue weighted by Gasteiger charge is 2.22. The fraction of sp³-hybridized carbons (Fsp3) is 0. The Hall–Kier alpha value is -7.63. The van der Waals surface area contributed by atoms with E-state index in [4.69, 9.17) is 19.4 Å². The van der Waals surface area contributed by atoms with E-state index in [0.29, 0.717) is 17.5 Å². The molecule has 5 nitrogen and oxygen atoms in total. The Morgan fingerprint density at radius 2 is 0.964 bits per heavy atom. The largest absolute Gasteiger partial charge is 0.456 e. The second kappa shape index (κ2) is 11.9. The highest BCUT2D eigenvalue weighted by atomic mass is 16.3. The molecule has 0 radical (unpaired) electrons. The minimum Gasteiger partial charge on any atom is -0.456 e. The van der Waals surface area contributed by atoms with Crippen LogP contribution in [0.1, 0.15) is 0 Å². The molecule has 3 aromatic heterocycles. The molecule has 0 unspecified atom stereocenters. The van der Waals surface area contributed by atoms with Crippen LogP contribution < -0.4 is 0 Å². The standard InChI is InChI=1S/C51H30N4O/c1-2-14-31(15-3-1)49-52-50(54-51(53-49)42-27-34-18-6-7-19-36(34)37-20-8-9-21-38(37)42)35-29-45(48-40-23-11-13-25-46(40)56-47(48)30-35)55-43-24-12-10-22-39(43)41-26-32-16-4-5-17-33(32)28-44(41)55/h1-30H. The van der Waals surface area contributed by atoms with Crippen molar-refractivity contribution in [3.8, 4) is 39.9 Å². The van der Waals surface area contributed by atoms with Gasteiger partial charge in [0.15, 0.2) is 17.5 Å². The minimum atomic E-state index is 0.570. The van der Waals surface area contributed by atoms with Crippen molar-refractivity contribution < 1.29 is 4.42 Å². The summed E-state index contributed by atoms with van der Waals surface area (Å²) in [6, 6.07) is 63.9. The molecule has 5 heteroatoms. The summed E-state index contributed by atoms with van der Waals surface area (Å²) in [6.45, 7) is 0. The first kappa shape index (κ1) is 30.8. The smallest absolute Gasteiger partial charge is 0.164 e. The first-order valence-corrected chi connectivity index (χ1v) is 18.9. The van der Waals surface area contributed by atoms with Gasteiger partial charge in [0.05, 0.1) is 22.1 Å². The highest BCUT2D eigenvalue weighted by Crippen LogP contribution is 2.42. The van der Waals surface area contributed by atoms with E-state index in [0.717, 1.165) is 71.5 Å². The SMILES string of the molecule is c1ccc(-c2nc(-c3cc(-n4c5ccccc5c5cc6ccccc6cc54)c4c(c3)oc3ccccc34)nc(-c3cc4ccccc4c4ccccc34)n2)cc1. The van der Waals surface area contributed by atoms with E-state index >= 15 is 0 Å². The number of nitrogens with zero attached hydrogens (tertiary/aromatic N) is 4. The first-order valence-electron chi connectivity index (χ1n) is 18.9. The molecule has 3 heterocycles. The molecule has 0 aliphatic carbocycles. The average Bonchev–Trinajstić information content (AvgIpc) is 3.80. The first-order chi connectivity index (χ1) is 27.7. The second-order valence-corrected chi connectivity index (χ2v) is 14.4. The van der Waals surface area contributed by atoms with E-state index in [2.05, 4.69) is 156 Å². The van der Waals surface area contributed by atoms with Crippen molar-refractivity contribution >= 4 is 76.1 Å². The van der Waals surface area contributed by atoms with Crippen LogP contribution in [0.4, 0.5) is 0 Å². The number of hydrogen-bond acceptors (Lipinski definition) is 4. The predicted octanol–water partition coefficient (Wildman–Crippen LogP) is 13.3. The van der Waals surface area contributed by atoms with Crippen molar-refractivity contribution in [1.82, 2.24) is 19.5 Å². The van der Waals surface area contributed by atoms with Crippen LogP contribution in [0.5, 0.6) is 0 Å². The minimum absolute atomic E-state index is 0.570. The summed E-state index contributed by atoms with van der Waals surface area (Å²) in [5.41, 5.74) is 7.55. The fourth-order valence-corrected chi connectivity index (χ4v) is 8.63. The van der Waals surface area contributed by atoms with Gasteiger partial charge in [0.1, 0.15) is 11.2 Å². The maximum Gasteiger partial charge on any atom is 0.164 e. The number of benzene rings is 9. The summed E-state index contributed by atoms with van der Waals surface area (Å²) in [4.78, 5) is 15.7. The molecule has 0 saturated carbocycles. The van der Waals surface area contributed by atoms with Crippen molar-refractivity contribution in [2.45, 2.75) is 0 Å². The van der Waals surface area contributed by atoms with Gasteiger partial charge in [-0.05, 0) is 74.8 Å². The van der Waals surface area contributed by atoms with Crippen LogP contribution in [0.15, 0.2) is 186 Å². The number of furan rings is 1. The van der Waals surface area contributed by atoms with Gasteiger partial charge in [0.2, 0.25) is 0 Å². The van der Waals surface area contributed by atoms with Gasteiger partial charge in [-0.15, -0.1) is 0 Å². The number of fused-ring (bicyclic) bond motifs is 10. The number of aromatic nitrogens is 4. The van der Waals surface area contributed by atoms with Gasteiger partial charge >= 0.3 is 0 Å². The highest BCUT2D eigenvalue weighted by molar-refractivity contribution is 6.17. The van der Waals surface area contributed by atoms with Crippen LogP contribution in [-0.4, -0.2) is 19.5 Å². The van der Waals surface area contributed by atoms with Crippen LogP contribution in [-0.2, 0) is 0 Å². The average molecular weight is 715 g/mol. The molecule has 0 atom stereocenters. The lowest BCUT2D eigenvalue weighted by Crippen LogP contribution is -2.02. The van der Waals surface area contributed by atoms with Crippen LogP contribution in [0, 0.1) is 0 Å². The molecule has 0 fully saturated rings. The molecule has 0 N–H and O–H groups in total. The third-order valence-corrected chi connectivity index (χ3v) is 11.2. The summed E-state index contributed by atoms with van der Waals surface area (Å²) in [5.74, 6) is 1.80. The number of para-hydroxylation sites is 2. The Kier molecular flexibility index (Phi) is 6.56. The molecule has 0 saturated heterocycles. The van der Waals surface area contributed by atoms with Gasteiger partial charge in [0.25, 0.3) is 0 Å². The van der Waals surface area contributed by atoms with Gasteiger partial charge in [-0.1, -0.05) is 140 Å². The van der Waals surface area contributed by atoms with Crippen LogP contribution in [0.25, 0.3) is 116 Å². The molecule has 12 rings (SSSR count). The molecule has 0 spiro atoms. The fourth-order valence-electron chi connectivity index (χ4n) is 8.63. The second-order valence-electron chi connectivity index (χ2n) is 14.4. The van der Waals surface area contributed by atoms with Gasteiger partial charge in [-0.3, -0.25) is 0 Å². The molecule has 0 aliphatic rings. The number of rotatable bonds is 4. The van der Waals surface area contributed by atoms with Crippen molar-refractivity contribution in [3.05, 3.63) is 182 Å². The zero-order chi connectivity index (χ0) is 36.7. The van der Waals surface area contributed by atoms with Crippen molar-refractivity contribution in [3.63, 3.8) is 0 Å². The molecule has 0 aliphatic heterocycles. The molecule has 260 valence electrons. The van der Waals surface area contributed by atoms with Crippen molar-refractivity contribution in [2.75, 3.05) is 0 Å². The molecular weight excluding hydrogens is 685 g/mol. The van der Waals surface area contributed by atoms with Crippen LogP contribution in [0.2, 0.25) is 0 Å². The normalized spacial score (nSPS) is 11.9. The summed E-state index contributed by atoms with van der Waals surface area (Å²) in [7, 11) is 0. The third kappa shape index (κ3) is 4.64. The van der Waals surface area contributed by atoms with Gasteiger partial charge in [0, 0.05) is 32.8 Å². The summed E-state index contributed by atoms with van der Waals surface area (Å²) < 4.78 is 9.09. The maximum atomic E-state index is 6.70. The predicted molar refractivity (Wildman–Crippen MR) is 230 cm³/mol. The maximum absolute atomic E-state index is 6.70. The van der Waals surface area contributed by atoms with E-state index in [9.17, 15) is 0 Å². The Morgan fingerprint density at radius 1 is 0.357 bits per heavy atom. The van der Waals surface area contributed by atoms with E-state index in [1.807, 2.05) is 30.3 Å². The lowest BCUT2D eigenvalue weighted by molar-refractivity contribution is 0.669. The lowest BCUT2D eigenvalue weighted by Gasteiger charge is -2.14. The van der Waals surface area contributed by atoms with E-state index in [1.54, 1.807) is 0 Å². The molecule has 9 aromatic carbocycles. The molecular formula is C51H30N4O. The Bertz CT molecular complexity index is 3540. The molecule has 0 bridgehead atoms. The van der Waals surface area contributed by atoms with E-state index < -0.39 is 0 Å². The van der Waals surface area contributed by atoms with Crippen LogP contribution >= 0.6 is 0 Å². The zero-order valence-corrected chi connectivity index (χ0v) is 30.0. The lowest BCUT2D eigenvalue weighted by atomic mass is 9.97.